The molecule has 1 saturated carbocycles. The average molecular weight is 239 g/mol. The van der Waals surface area contributed by atoms with Crippen molar-refractivity contribution in [3.63, 3.8) is 0 Å². The fourth-order valence-electron chi connectivity index (χ4n) is 3.44. The quantitative estimate of drug-likeness (QED) is 0.780. The van der Waals surface area contributed by atoms with Crippen LogP contribution < -0.4 is 0 Å². The van der Waals surface area contributed by atoms with E-state index in [1.807, 2.05) is 4.90 Å². The summed E-state index contributed by atoms with van der Waals surface area (Å²) in [5.41, 5.74) is -0.444. The maximum absolute atomic E-state index is 12.1. The largest absolute Gasteiger partial charge is 0.389 e. The average Bonchev–Trinajstić information content (AvgIpc) is 2.83. The standard InChI is InChI=1S/C13H21NO3/c15-11(7-13(16)3-1-2-4-13)14-8-12(9-14)5-6-17-10-12/h16H,1-10H2. The highest BCUT2D eigenvalue weighted by atomic mass is 16.5. The number of likely N-dealkylation sites (tertiary alicyclic amines) is 1. The van der Waals surface area contributed by atoms with E-state index in [4.69, 9.17) is 4.74 Å². The summed E-state index contributed by atoms with van der Waals surface area (Å²) in [6.45, 7) is 3.32. The van der Waals surface area contributed by atoms with Gasteiger partial charge in [-0.2, -0.15) is 0 Å². The summed E-state index contributed by atoms with van der Waals surface area (Å²) in [5.74, 6) is 0.131. The Morgan fingerprint density at radius 1 is 1.24 bits per heavy atom. The molecular weight excluding hydrogens is 218 g/mol. The number of amides is 1. The second kappa shape index (κ2) is 3.95. The molecule has 0 unspecified atom stereocenters. The van der Waals surface area contributed by atoms with Crippen LogP contribution in [-0.4, -0.2) is 47.8 Å². The Morgan fingerprint density at radius 2 is 1.94 bits per heavy atom. The van der Waals surface area contributed by atoms with Gasteiger partial charge in [-0.25, -0.2) is 0 Å². The fourth-order valence-corrected chi connectivity index (χ4v) is 3.44. The van der Waals surface area contributed by atoms with Gasteiger partial charge < -0.3 is 14.7 Å². The van der Waals surface area contributed by atoms with E-state index < -0.39 is 5.60 Å². The molecule has 1 N–H and O–H groups in total. The molecule has 0 bridgehead atoms. The lowest BCUT2D eigenvalue weighted by Crippen LogP contribution is -2.59. The summed E-state index contributed by atoms with van der Waals surface area (Å²) in [4.78, 5) is 13.9. The topological polar surface area (TPSA) is 49.8 Å². The number of aliphatic hydroxyl groups is 1. The number of carbonyl (C=O) groups is 1. The monoisotopic (exact) mass is 239 g/mol. The van der Waals surface area contributed by atoms with E-state index in [0.717, 1.165) is 58.4 Å². The molecule has 2 saturated heterocycles. The first-order valence-electron chi connectivity index (χ1n) is 6.69. The van der Waals surface area contributed by atoms with Crippen LogP contribution in [0.25, 0.3) is 0 Å². The first kappa shape index (κ1) is 11.5. The van der Waals surface area contributed by atoms with Crippen molar-refractivity contribution in [3.8, 4) is 0 Å². The molecule has 0 aromatic heterocycles. The second-order valence-electron chi connectivity index (χ2n) is 6.16. The minimum atomic E-state index is -0.702. The molecule has 96 valence electrons. The Labute approximate surface area is 102 Å². The first-order valence-corrected chi connectivity index (χ1v) is 6.69. The van der Waals surface area contributed by atoms with E-state index in [1.165, 1.54) is 0 Å². The van der Waals surface area contributed by atoms with Crippen LogP contribution in [0.4, 0.5) is 0 Å². The third-order valence-electron chi connectivity index (χ3n) is 4.60. The van der Waals surface area contributed by atoms with Crippen molar-refractivity contribution in [2.75, 3.05) is 26.3 Å². The zero-order valence-corrected chi connectivity index (χ0v) is 10.3. The van der Waals surface area contributed by atoms with Crippen LogP contribution in [0.2, 0.25) is 0 Å². The summed E-state index contributed by atoms with van der Waals surface area (Å²) < 4.78 is 5.40. The van der Waals surface area contributed by atoms with Crippen molar-refractivity contribution in [3.05, 3.63) is 0 Å². The Balaban J connectivity index is 1.51. The molecule has 4 nitrogen and oxygen atoms in total. The predicted octanol–water partition coefficient (Wildman–Crippen LogP) is 0.930. The molecule has 1 aliphatic carbocycles. The minimum Gasteiger partial charge on any atom is -0.389 e. The van der Waals surface area contributed by atoms with Gasteiger partial charge >= 0.3 is 0 Å². The molecule has 17 heavy (non-hydrogen) atoms. The van der Waals surface area contributed by atoms with Crippen molar-refractivity contribution in [2.45, 2.75) is 44.1 Å². The SMILES string of the molecule is O=C(CC1(O)CCCC1)N1CC2(CCOC2)C1. The van der Waals surface area contributed by atoms with Gasteiger partial charge in [0.1, 0.15) is 0 Å². The van der Waals surface area contributed by atoms with Crippen molar-refractivity contribution in [2.24, 2.45) is 5.41 Å². The van der Waals surface area contributed by atoms with Crippen molar-refractivity contribution in [1.82, 2.24) is 4.90 Å². The summed E-state index contributed by atoms with van der Waals surface area (Å²) in [7, 11) is 0. The Kier molecular flexibility index (Phi) is 2.67. The van der Waals surface area contributed by atoms with Gasteiger partial charge in [0, 0.05) is 25.1 Å². The maximum atomic E-state index is 12.1. The molecule has 2 aliphatic heterocycles. The summed E-state index contributed by atoms with van der Waals surface area (Å²) in [6, 6.07) is 0. The zero-order chi connectivity index (χ0) is 11.9. The van der Waals surface area contributed by atoms with E-state index in [2.05, 4.69) is 0 Å². The molecule has 0 radical (unpaired) electrons. The number of nitrogens with zero attached hydrogens (tertiary/aromatic N) is 1. The van der Waals surface area contributed by atoms with E-state index in [0.29, 0.717) is 6.42 Å². The summed E-state index contributed by atoms with van der Waals surface area (Å²) in [6.07, 6.45) is 5.11. The maximum Gasteiger partial charge on any atom is 0.225 e. The molecule has 3 fully saturated rings. The van der Waals surface area contributed by atoms with Crippen molar-refractivity contribution >= 4 is 5.91 Å². The van der Waals surface area contributed by atoms with Crippen LogP contribution in [0, 0.1) is 5.41 Å². The highest BCUT2D eigenvalue weighted by Gasteiger charge is 2.48. The molecule has 0 aromatic carbocycles. The summed E-state index contributed by atoms with van der Waals surface area (Å²) >= 11 is 0. The molecule has 2 heterocycles. The van der Waals surface area contributed by atoms with Crippen LogP contribution in [0.5, 0.6) is 0 Å². The molecule has 0 aromatic rings. The normalized spacial score (nSPS) is 29.6. The van der Waals surface area contributed by atoms with Gasteiger partial charge in [-0.05, 0) is 19.3 Å². The van der Waals surface area contributed by atoms with Gasteiger partial charge in [0.2, 0.25) is 5.91 Å². The first-order chi connectivity index (χ1) is 8.11. The van der Waals surface area contributed by atoms with E-state index in [9.17, 15) is 9.90 Å². The number of hydrogen-bond donors (Lipinski definition) is 1. The third-order valence-corrected chi connectivity index (χ3v) is 4.60. The lowest BCUT2D eigenvalue weighted by atomic mass is 9.78. The lowest BCUT2D eigenvalue weighted by molar-refractivity contribution is -0.148. The number of carbonyl (C=O) groups excluding carboxylic acids is 1. The smallest absolute Gasteiger partial charge is 0.225 e. The highest BCUT2D eigenvalue weighted by molar-refractivity contribution is 5.78. The molecule has 3 rings (SSSR count). The minimum absolute atomic E-state index is 0.131. The van der Waals surface area contributed by atoms with Crippen LogP contribution in [0.15, 0.2) is 0 Å². The van der Waals surface area contributed by atoms with E-state index in [1.54, 1.807) is 0 Å². The van der Waals surface area contributed by atoms with E-state index in [-0.39, 0.29) is 11.3 Å². The van der Waals surface area contributed by atoms with E-state index >= 15 is 0 Å². The van der Waals surface area contributed by atoms with Gasteiger partial charge in [-0.15, -0.1) is 0 Å². The zero-order valence-electron chi connectivity index (χ0n) is 10.3. The molecule has 1 spiro atoms. The number of hydrogen-bond acceptors (Lipinski definition) is 3. The van der Waals surface area contributed by atoms with Crippen LogP contribution in [0.1, 0.15) is 38.5 Å². The molecule has 4 heteroatoms. The number of rotatable bonds is 2. The predicted molar refractivity (Wildman–Crippen MR) is 62.5 cm³/mol. The van der Waals surface area contributed by atoms with Gasteiger partial charge in [0.15, 0.2) is 0 Å². The van der Waals surface area contributed by atoms with Crippen LogP contribution in [0.3, 0.4) is 0 Å². The highest BCUT2D eigenvalue weighted by Crippen LogP contribution is 2.40. The van der Waals surface area contributed by atoms with Gasteiger partial charge in [0.25, 0.3) is 0 Å². The third kappa shape index (κ3) is 2.08. The Bertz CT molecular complexity index is 309. The van der Waals surface area contributed by atoms with Gasteiger partial charge in [0.05, 0.1) is 18.6 Å². The Hall–Kier alpha value is -0.610. The molecule has 0 atom stereocenters. The van der Waals surface area contributed by atoms with Crippen molar-refractivity contribution in [1.29, 1.82) is 0 Å². The lowest BCUT2D eigenvalue weighted by Gasteiger charge is -2.47. The second-order valence-corrected chi connectivity index (χ2v) is 6.16. The van der Waals surface area contributed by atoms with Gasteiger partial charge in [-0.1, -0.05) is 12.8 Å². The molecule has 3 aliphatic rings. The Morgan fingerprint density at radius 3 is 2.53 bits per heavy atom. The van der Waals surface area contributed by atoms with Gasteiger partial charge in [-0.3, -0.25) is 4.79 Å². The van der Waals surface area contributed by atoms with Crippen LogP contribution in [-0.2, 0) is 9.53 Å². The van der Waals surface area contributed by atoms with Crippen LogP contribution >= 0.6 is 0 Å². The summed E-state index contributed by atoms with van der Waals surface area (Å²) in [5, 5.41) is 10.2. The molecular formula is C13H21NO3. The van der Waals surface area contributed by atoms with Crippen molar-refractivity contribution < 1.29 is 14.6 Å². The molecule has 1 amide bonds. The fraction of sp³-hybridized carbons (Fsp3) is 0.923. The number of ether oxygens (including phenoxy) is 1.